The van der Waals surface area contributed by atoms with Crippen LogP contribution in [-0.4, -0.2) is 42.3 Å². The lowest BCUT2D eigenvalue weighted by atomic mass is 9.94. The van der Waals surface area contributed by atoms with Gasteiger partial charge in [-0.3, -0.25) is 4.79 Å². The lowest BCUT2D eigenvalue weighted by molar-refractivity contribution is -0.139. The van der Waals surface area contributed by atoms with E-state index >= 15 is 0 Å². The zero-order valence-corrected chi connectivity index (χ0v) is 20.6. The van der Waals surface area contributed by atoms with Crippen LogP contribution >= 0.6 is 11.8 Å². The molecule has 2 aromatic rings. The first-order valence-electron chi connectivity index (χ1n) is 11.2. The lowest BCUT2D eigenvalue weighted by Crippen LogP contribution is -2.34. The van der Waals surface area contributed by atoms with Gasteiger partial charge in [0, 0.05) is 12.7 Å². The maximum atomic E-state index is 12.8. The second-order valence-electron chi connectivity index (χ2n) is 7.79. The fraction of sp³-hybridized carbons (Fsp3) is 0.269. The standard InChI is InChI=1S/C26H27N3O5S/c1-4-33-25(31)23-17(2)28-26-29(12-13-35-26)24(23)19-10-11-20(21(14-19)32-3)34-16-22(30)27-15-18-8-6-5-7-9-18/h5-14,24H,4,15-16H2,1-3H3,(H,27,30). The summed E-state index contributed by atoms with van der Waals surface area (Å²) >= 11 is 1.49. The Bertz CT molecular complexity index is 1190. The van der Waals surface area contributed by atoms with Crippen LogP contribution in [0.2, 0.25) is 0 Å². The number of aliphatic imine (C=N–C) groups is 1. The van der Waals surface area contributed by atoms with Crippen molar-refractivity contribution >= 4 is 28.8 Å². The molecule has 4 rings (SSSR count). The van der Waals surface area contributed by atoms with Gasteiger partial charge in [-0.25, -0.2) is 9.79 Å². The molecule has 1 atom stereocenters. The number of thioether (sulfide) groups is 1. The van der Waals surface area contributed by atoms with Crippen LogP contribution in [0.25, 0.3) is 0 Å². The number of benzene rings is 2. The van der Waals surface area contributed by atoms with Gasteiger partial charge in [0.2, 0.25) is 0 Å². The van der Waals surface area contributed by atoms with Gasteiger partial charge in [-0.15, -0.1) is 0 Å². The summed E-state index contributed by atoms with van der Waals surface area (Å²) in [5.41, 5.74) is 2.90. The average Bonchev–Trinajstić information content (AvgIpc) is 3.34. The van der Waals surface area contributed by atoms with E-state index in [4.69, 9.17) is 14.2 Å². The number of carbonyl (C=O) groups excluding carboxylic acids is 2. The van der Waals surface area contributed by atoms with E-state index in [2.05, 4.69) is 10.3 Å². The van der Waals surface area contributed by atoms with Crippen molar-refractivity contribution in [3.8, 4) is 11.5 Å². The molecule has 1 unspecified atom stereocenters. The molecule has 1 N–H and O–H groups in total. The van der Waals surface area contributed by atoms with Crippen LogP contribution in [0.3, 0.4) is 0 Å². The van der Waals surface area contributed by atoms with Crippen molar-refractivity contribution in [3.05, 3.63) is 82.5 Å². The minimum atomic E-state index is -0.426. The van der Waals surface area contributed by atoms with E-state index in [1.54, 1.807) is 13.0 Å². The summed E-state index contributed by atoms with van der Waals surface area (Å²) < 4.78 is 16.6. The van der Waals surface area contributed by atoms with Crippen LogP contribution in [0, 0.1) is 0 Å². The van der Waals surface area contributed by atoms with Crippen molar-refractivity contribution in [2.45, 2.75) is 26.4 Å². The Morgan fingerprint density at radius 2 is 1.94 bits per heavy atom. The molecule has 182 valence electrons. The topological polar surface area (TPSA) is 89.5 Å². The fourth-order valence-electron chi connectivity index (χ4n) is 3.86. The lowest BCUT2D eigenvalue weighted by Gasteiger charge is -2.33. The summed E-state index contributed by atoms with van der Waals surface area (Å²) in [6, 6.07) is 14.7. The third kappa shape index (κ3) is 5.51. The number of esters is 1. The van der Waals surface area contributed by atoms with E-state index in [1.165, 1.54) is 18.9 Å². The number of amidine groups is 1. The first-order chi connectivity index (χ1) is 17.0. The van der Waals surface area contributed by atoms with Gasteiger partial charge in [-0.2, -0.15) is 0 Å². The number of methoxy groups -OCH3 is 1. The Morgan fingerprint density at radius 3 is 2.69 bits per heavy atom. The highest BCUT2D eigenvalue weighted by Gasteiger charge is 2.37. The number of nitrogens with zero attached hydrogens (tertiary/aromatic N) is 2. The molecule has 1 amide bonds. The molecule has 8 nitrogen and oxygen atoms in total. The Kier molecular flexibility index (Phi) is 7.77. The minimum Gasteiger partial charge on any atom is -0.493 e. The SMILES string of the molecule is CCOC(=O)C1=C(C)N=C2SC=CN2C1c1ccc(OCC(=O)NCc2ccccc2)c(OC)c1. The van der Waals surface area contributed by atoms with Crippen molar-refractivity contribution in [1.29, 1.82) is 0 Å². The van der Waals surface area contributed by atoms with E-state index in [0.29, 0.717) is 29.3 Å². The molecule has 0 fully saturated rings. The first-order valence-corrected chi connectivity index (χ1v) is 12.1. The predicted octanol–water partition coefficient (Wildman–Crippen LogP) is 4.16. The highest BCUT2D eigenvalue weighted by Crippen LogP contribution is 2.43. The number of hydrogen-bond donors (Lipinski definition) is 1. The van der Waals surface area contributed by atoms with Crippen LogP contribution in [0.1, 0.15) is 31.0 Å². The maximum Gasteiger partial charge on any atom is 0.338 e. The van der Waals surface area contributed by atoms with Crippen LogP contribution in [-0.2, 0) is 20.9 Å². The molecular weight excluding hydrogens is 466 g/mol. The number of allylic oxidation sites excluding steroid dienone is 1. The van der Waals surface area contributed by atoms with Crippen LogP contribution in [0.15, 0.2) is 76.4 Å². The molecule has 0 radical (unpaired) electrons. The third-order valence-corrected chi connectivity index (χ3v) is 6.28. The molecular formula is C26H27N3O5S. The highest BCUT2D eigenvalue weighted by molar-refractivity contribution is 8.16. The van der Waals surface area contributed by atoms with Crippen molar-refractivity contribution in [2.24, 2.45) is 4.99 Å². The smallest absolute Gasteiger partial charge is 0.338 e. The van der Waals surface area contributed by atoms with Gasteiger partial charge in [0.1, 0.15) is 0 Å². The Balaban J connectivity index is 1.51. The third-order valence-electron chi connectivity index (χ3n) is 5.51. The molecule has 0 aromatic heterocycles. The zero-order valence-electron chi connectivity index (χ0n) is 19.8. The van der Waals surface area contributed by atoms with Crippen molar-refractivity contribution < 1.29 is 23.8 Å². The monoisotopic (exact) mass is 493 g/mol. The van der Waals surface area contributed by atoms with E-state index in [1.807, 2.05) is 65.9 Å². The number of nitrogens with one attached hydrogen (secondary N) is 1. The summed E-state index contributed by atoms with van der Waals surface area (Å²) in [4.78, 5) is 31.6. The Morgan fingerprint density at radius 1 is 1.14 bits per heavy atom. The molecule has 9 heteroatoms. The zero-order chi connectivity index (χ0) is 24.8. The second-order valence-corrected chi connectivity index (χ2v) is 8.66. The van der Waals surface area contributed by atoms with Gasteiger partial charge in [-0.05, 0) is 42.5 Å². The van der Waals surface area contributed by atoms with Gasteiger partial charge in [0.15, 0.2) is 23.3 Å². The second kappa shape index (κ2) is 11.1. The summed E-state index contributed by atoms with van der Waals surface area (Å²) in [5, 5.41) is 5.55. The van der Waals surface area contributed by atoms with Gasteiger partial charge in [-0.1, -0.05) is 48.2 Å². The van der Waals surface area contributed by atoms with Crippen molar-refractivity contribution in [1.82, 2.24) is 10.2 Å². The number of ether oxygens (including phenoxy) is 3. The number of hydrogen-bond acceptors (Lipinski definition) is 8. The summed E-state index contributed by atoms with van der Waals surface area (Å²) in [6.07, 6.45) is 1.90. The molecule has 0 spiro atoms. The van der Waals surface area contributed by atoms with Gasteiger partial charge in [0.05, 0.1) is 31.0 Å². The Hall–Kier alpha value is -3.72. The fourth-order valence-corrected chi connectivity index (χ4v) is 4.65. The summed E-state index contributed by atoms with van der Waals surface area (Å²) in [7, 11) is 1.54. The summed E-state index contributed by atoms with van der Waals surface area (Å²) in [5.74, 6) is 0.243. The van der Waals surface area contributed by atoms with Crippen molar-refractivity contribution in [3.63, 3.8) is 0 Å². The van der Waals surface area contributed by atoms with E-state index in [9.17, 15) is 9.59 Å². The molecule has 0 bridgehead atoms. The molecule has 0 saturated heterocycles. The van der Waals surface area contributed by atoms with Crippen LogP contribution < -0.4 is 14.8 Å². The van der Waals surface area contributed by atoms with E-state index in [-0.39, 0.29) is 19.1 Å². The van der Waals surface area contributed by atoms with E-state index < -0.39 is 12.0 Å². The first kappa shape index (κ1) is 24.4. The largest absolute Gasteiger partial charge is 0.493 e. The number of amides is 1. The minimum absolute atomic E-state index is 0.151. The van der Waals surface area contributed by atoms with Gasteiger partial charge in [0.25, 0.3) is 5.91 Å². The van der Waals surface area contributed by atoms with Crippen LogP contribution in [0.4, 0.5) is 0 Å². The quantitative estimate of drug-likeness (QED) is 0.525. The molecule has 0 saturated carbocycles. The normalized spacial score (nSPS) is 16.5. The molecule has 2 aromatic carbocycles. The molecule has 2 heterocycles. The number of carbonyl (C=O) groups is 2. The van der Waals surface area contributed by atoms with Gasteiger partial charge < -0.3 is 24.4 Å². The number of rotatable bonds is 9. The predicted molar refractivity (Wildman–Crippen MR) is 135 cm³/mol. The number of fused-ring (bicyclic) bond motifs is 1. The van der Waals surface area contributed by atoms with Gasteiger partial charge >= 0.3 is 5.97 Å². The molecule has 2 aliphatic heterocycles. The molecule has 0 aliphatic carbocycles. The molecule has 35 heavy (non-hydrogen) atoms. The van der Waals surface area contributed by atoms with Crippen LogP contribution in [0.5, 0.6) is 11.5 Å². The maximum absolute atomic E-state index is 12.8. The highest BCUT2D eigenvalue weighted by atomic mass is 32.2. The summed E-state index contributed by atoms with van der Waals surface area (Å²) in [6.45, 7) is 4.13. The van der Waals surface area contributed by atoms with Crippen molar-refractivity contribution in [2.75, 3.05) is 20.3 Å². The average molecular weight is 494 g/mol. The Labute approximate surface area is 208 Å². The van der Waals surface area contributed by atoms with E-state index in [0.717, 1.165) is 16.3 Å². The molecule has 2 aliphatic rings.